The van der Waals surface area contributed by atoms with E-state index in [1.54, 1.807) is 0 Å². The number of hydrogen-bond donors (Lipinski definition) is 0. The Morgan fingerprint density at radius 2 is 1.26 bits per heavy atom. The second-order valence-electron chi connectivity index (χ2n) is 20.9. The van der Waals surface area contributed by atoms with Crippen LogP contribution in [0.25, 0.3) is 105 Å². The maximum Gasteiger partial charge on any atom is 0.125 e. The summed E-state index contributed by atoms with van der Waals surface area (Å²) in [5, 5.41) is 7.19. The van der Waals surface area contributed by atoms with Gasteiger partial charge in [-0.05, 0) is 98.1 Å². The average molecular weight is 1120 g/mol. The third-order valence-electron chi connectivity index (χ3n) is 15.0. The largest absolute Gasteiger partial charge is 0.500 e. The van der Waals surface area contributed by atoms with Crippen molar-refractivity contribution in [2.45, 2.75) is 78.6 Å². The van der Waals surface area contributed by atoms with Crippen molar-refractivity contribution in [1.29, 1.82) is 0 Å². The van der Waals surface area contributed by atoms with E-state index < -0.39 is 0 Å². The van der Waals surface area contributed by atoms with Crippen LogP contribution in [0, 0.1) is 12.1 Å². The molecule has 3 heterocycles. The molecule has 0 aliphatic heterocycles. The van der Waals surface area contributed by atoms with Crippen molar-refractivity contribution in [1.82, 2.24) is 14.5 Å². The van der Waals surface area contributed by atoms with Gasteiger partial charge in [0.05, 0.1) is 22.4 Å². The van der Waals surface area contributed by atoms with Crippen molar-refractivity contribution in [2.24, 2.45) is 0 Å². The number of imidazole rings is 1. The second kappa shape index (κ2) is 18.9. The molecule has 73 heavy (non-hydrogen) atoms. The molecule has 1 radical (unpaired) electrons. The summed E-state index contributed by atoms with van der Waals surface area (Å²) < 4.78 is 9.07. The number of pyridine rings is 1. The zero-order chi connectivity index (χ0) is 49.4. The molecule has 1 aliphatic carbocycles. The number of aromatic nitrogens is 3. The van der Waals surface area contributed by atoms with Gasteiger partial charge in [0.1, 0.15) is 5.58 Å². The van der Waals surface area contributed by atoms with Gasteiger partial charge in [-0.2, -0.15) is 0 Å². The zero-order valence-electron chi connectivity index (χ0n) is 42.6. The Labute approximate surface area is 442 Å². The average Bonchev–Trinajstić information content (AvgIpc) is 4.06. The summed E-state index contributed by atoms with van der Waals surface area (Å²) in [6.45, 7) is 18.2. The number of nitrogens with zero attached hydrogens (tertiary/aromatic N) is 3. The van der Waals surface area contributed by atoms with Gasteiger partial charge in [-0.3, -0.25) is 4.98 Å². The molecule has 0 amide bonds. The topological polar surface area (TPSA) is 43.9 Å². The first-order valence-electron chi connectivity index (χ1n) is 25.5. The first-order valence-corrected chi connectivity index (χ1v) is 25.5. The first-order chi connectivity index (χ1) is 35.0. The molecule has 0 atom stereocenters. The maximum absolute atomic E-state index is 6.68. The minimum Gasteiger partial charge on any atom is -0.500 e. The minimum absolute atomic E-state index is 0. The van der Waals surface area contributed by atoms with Crippen molar-refractivity contribution >= 4 is 54.5 Å². The van der Waals surface area contributed by atoms with Gasteiger partial charge >= 0.3 is 0 Å². The summed E-state index contributed by atoms with van der Waals surface area (Å²) >= 11 is 0. The molecule has 0 bridgehead atoms. The second-order valence-corrected chi connectivity index (χ2v) is 20.9. The predicted molar refractivity (Wildman–Crippen MR) is 301 cm³/mol. The minimum atomic E-state index is -0.112. The fourth-order valence-corrected chi connectivity index (χ4v) is 11.3. The summed E-state index contributed by atoms with van der Waals surface area (Å²) in [6, 6.07) is 69.9. The molecule has 0 saturated heterocycles. The molecular formula is C68H57IrN3O-2. The number of benzene rings is 9. The molecule has 4 nitrogen and oxygen atoms in total. The quantitative estimate of drug-likeness (QED) is 0.118. The molecular weight excluding hydrogens is 1070 g/mol. The SMILES string of the molecule is CC(C)c1cc(-c2ccccc2)cc(C(C)C)c1-n1c(-c2[c-]cc3c(ccc4ccccc43)c2)nc2ccccc21.CC(C)c1ccnc(-c2[c-]ccc3c2oc2c4c(ccc23)-c2ccccc2C4(C)C)c1.[Ir]. The van der Waals surface area contributed by atoms with Crippen LogP contribution in [-0.2, 0) is 25.5 Å². The molecule has 3 aromatic heterocycles. The van der Waals surface area contributed by atoms with Crippen LogP contribution in [0.4, 0.5) is 0 Å². The molecule has 9 aromatic carbocycles. The fourth-order valence-electron chi connectivity index (χ4n) is 11.3. The molecule has 0 N–H and O–H groups in total. The summed E-state index contributed by atoms with van der Waals surface area (Å²) in [4.78, 5) is 9.90. The monoisotopic (exact) mass is 1120 g/mol. The van der Waals surface area contributed by atoms with E-state index in [4.69, 9.17) is 9.40 Å². The standard InChI is InChI=1S/C39H33N2.C29H24NO.Ir/c1-25(2)34-23-31(27-12-6-5-7-13-27)24-35(26(3)4)38(34)41-37-17-11-10-16-36(37)40-39(41)30-20-21-33-29(22-30)19-18-28-14-8-9-15-32(28)33;1-17(2)18-14-15-30-25(16-18)23-10-7-9-21-22-13-12-20-19-8-5-6-11-24(19)29(3,4)26(20)28(22)31-27(21)23;/h5-19,21-26H,1-4H3;5-9,11-17H,1-4H3;/q2*-1;. The fraction of sp³-hybridized carbons (Fsp3) is 0.176. The van der Waals surface area contributed by atoms with Crippen LogP contribution in [0.2, 0.25) is 0 Å². The number of hydrogen-bond acceptors (Lipinski definition) is 3. The van der Waals surface area contributed by atoms with Gasteiger partial charge in [0.25, 0.3) is 0 Å². The molecule has 0 spiro atoms. The Balaban J connectivity index is 0.000000161. The van der Waals surface area contributed by atoms with Crippen LogP contribution in [0.3, 0.4) is 0 Å². The van der Waals surface area contributed by atoms with E-state index in [0.717, 1.165) is 55.6 Å². The van der Waals surface area contributed by atoms with Gasteiger partial charge < -0.3 is 14.0 Å². The van der Waals surface area contributed by atoms with E-state index in [0.29, 0.717) is 17.8 Å². The van der Waals surface area contributed by atoms with E-state index in [1.165, 1.54) is 77.3 Å². The Kier molecular flexibility index (Phi) is 12.4. The predicted octanol–water partition coefficient (Wildman–Crippen LogP) is 18.6. The first kappa shape index (κ1) is 47.9. The van der Waals surface area contributed by atoms with Crippen LogP contribution in [0.1, 0.15) is 101 Å². The smallest absolute Gasteiger partial charge is 0.125 e. The molecule has 0 unspecified atom stereocenters. The van der Waals surface area contributed by atoms with Crippen LogP contribution in [-0.4, -0.2) is 14.5 Å². The Morgan fingerprint density at radius 1 is 0.562 bits per heavy atom. The molecule has 361 valence electrons. The molecule has 5 heteroatoms. The van der Waals surface area contributed by atoms with Gasteiger partial charge in [0, 0.05) is 48.4 Å². The molecule has 1 aliphatic rings. The normalized spacial score (nSPS) is 12.8. The van der Waals surface area contributed by atoms with E-state index >= 15 is 0 Å². The van der Waals surface area contributed by atoms with E-state index in [9.17, 15) is 0 Å². The van der Waals surface area contributed by atoms with Gasteiger partial charge in [-0.1, -0.05) is 204 Å². The van der Waals surface area contributed by atoms with Gasteiger partial charge in [0.15, 0.2) is 0 Å². The summed E-state index contributed by atoms with van der Waals surface area (Å²) in [6.07, 6.45) is 1.89. The molecule has 0 saturated carbocycles. The van der Waals surface area contributed by atoms with Crippen molar-refractivity contribution < 1.29 is 24.5 Å². The number of fused-ring (bicyclic) bond motifs is 11. The molecule has 12 aromatic rings. The number of para-hydroxylation sites is 2. The van der Waals surface area contributed by atoms with Crippen molar-refractivity contribution in [2.75, 3.05) is 0 Å². The third-order valence-corrected chi connectivity index (χ3v) is 15.0. The van der Waals surface area contributed by atoms with E-state index in [1.807, 2.05) is 12.3 Å². The number of rotatable bonds is 7. The third kappa shape index (κ3) is 8.11. The summed E-state index contributed by atoms with van der Waals surface area (Å²) in [5.41, 5.74) is 19.6. The molecule has 0 fully saturated rings. The van der Waals surface area contributed by atoms with Crippen molar-refractivity contribution in [3.05, 3.63) is 222 Å². The Bertz CT molecular complexity index is 4030. The van der Waals surface area contributed by atoms with E-state index in [-0.39, 0.29) is 25.5 Å². The summed E-state index contributed by atoms with van der Waals surface area (Å²) in [5.74, 6) is 2.02. The van der Waals surface area contributed by atoms with E-state index in [2.05, 4.69) is 247 Å². The van der Waals surface area contributed by atoms with Crippen LogP contribution in [0.5, 0.6) is 0 Å². The summed E-state index contributed by atoms with van der Waals surface area (Å²) in [7, 11) is 0. The van der Waals surface area contributed by atoms with Crippen molar-refractivity contribution in [3.63, 3.8) is 0 Å². The number of furan rings is 1. The van der Waals surface area contributed by atoms with Crippen molar-refractivity contribution in [3.8, 4) is 50.6 Å². The molecule has 13 rings (SSSR count). The van der Waals surface area contributed by atoms with Crippen LogP contribution >= 0.6 is 0 Å². The van der Waals surface area contributed by atoms with Gasteiger partial charge in [-0.25, -0.2) is 0 Å². The van der Waals surface area contributed by atoms with Gasteiger partial charge in [-0.15, -0.1) is 47.3 Å². The van der Waals surface area contributed by atoms with Gasteiger partial charge in [0.2, 0.25) is 0 Å². The Hall–Kier alpha value is -7.43. The van der Waals surface area contributed by atoms with Crippen LogP contribution < -0.4 is 0 Å². The Morgan fingerprint density at radius 3 is 2.04 bits per heavy atom. The maximum atomic E-state index is 6.68. The van der Waals surface area contributed by atoms with Crippen LogP contribution in [0.15, 0.2) is 187 Å². The zero-order valence-corrected chi connectivity index (χ0v) is 45.0.